The predicted octanol–water partition coefficient (Wildman–Crippen LogP) is 3.80. The van der Waals surface area contributed by atoms with E-state index in [2.05, 4.69) is 41.8 Å². The van der Waals surface area contributed by atoms with Gasteiger partial charge in [-0.15, -0.1) is 0 Å². The molecule has 2 aromatic carbocycles. The normalized spacial score (nSPS) is 13.4. The Labute approximate surface area is 132 Å². The van der Waals surface area contributed by atoms with Crippen LogP contribution in [-0.2, 0) is 4.79 Å². The minimum atomic E-state index is -0.205. The maximum absolute atomic E-state index is 12.1. The number of carbonyl (C=O) groups excluding carboxylic acids is 1. The summed E-state index contributed by atoms with van der Waals surface area (Å²) in [5, 5.41) is 6.20. The zero-order valence-electron chi connectivity index (χ0n) is 13.3. The molecule has 0 bridgehead atoms. The quantitative estimate of drug-likeness (QED) is 0.816. The summed E-state index contributed by atoms with van der Waals surface area (Å²) in [5.74, 6) is 0.483. The summed E-state index contributed by atoms with van der Waals surface area (Å²) in [6.07, 6.45) is 1.01. The highest BCUT2D eigenvalue weighted by Crippen LogP contribution is 2.17. The van der Waals surface area contributed by atoms with E-state index >= 15 is 0 Å². The molecule has 0 saturated heterocycles. The van der Waals surface area contributed by atoms with Crippen LogP contribution in [0, 0.1) is 0 Å². The number of benzene rings is 2. The van der Waals surface area contributed by atoms with Crippen LogP contribution in [0.4, 0.5) is 5.69 Å². The zero-order valence-corrected chi connectivity index (χ0v) is 13.3. The van der Waals surface area contributed by atoms with E-state index < -0.39 is 0 Å². The number of rotatable bonds is 7. The van der Waals surface area contributed by atoms with Crippen molar-refractivity contribution in [3.8, 4) is 0 Å². The van der Waals surface area contributed by atoms with Crippen molar-refractivity contribution in [2.75, 3.05) is 11.9 Å². The smallest absolute Gasteiger partial charge is 0.241 e. The van der Waals surface area contributed by atoms with Gasteiger partial charge in [-0.25, -0.2) is 0 Å². The molecule has 0 fully saturated rings. The average Bonchev–Trinajstić information content (AvgIpc) is 2.56. The summed E-state index contributed by atoms with van der Waals surface area (Å²) < 4.78 is 0. The molecule has 0 aliphatic heterocycles. The number of hydrogen-bond acceptors (Lipinski definition) is 2. The number of amides is 1. The van der Waals surface area contributed by atoms with Crippen LogP contribution in [-0.4, -0.2) is 18.5 Å². The van der Waals surface area contributed by atoms with Gasteiger partial charge >= 0.3 is 0 Å². The van der Waals surface area contributed by atoms with Crippen LogP contribution in [0.15, 0.2) is 60.7 Å². The summed E-state index contributed by atoms with van der Waals surface area (Å²) in [6, 6.07) is 19.8. The van der Waals surface area contributed by atoms with E-state index in [1.165, 1.54) is 5.56 Å². The van der Waals surface area contributed by atoms with Crippen molar-refractivity contribution in [3.63, 3.8) is 0 Å². The second-order valence-electron chi connectivity index (χ2n) is 5.63. The Bertz CT molecular complexity index is 569. The summed E-state index contributed by atoms with van der Waals surface area (Å²) in [5.41, 5.74) is 2.17. The Morgan fingerprint density at radius 1 is 0.955 bits per heavy atom. The van der Waals surface area contributed by atoms with E-state index in [0.717, 1.165) is 18.7 Å². The van der Waals surface area contributed by atoms with E-state index in [1.54, 1.807) is 0 Å². The highest BCUT2D eigenvalue weighted by molar-refractivity contribution is 5.94. The fourth-order valence-corrected chi connectivity index (χ4v) is 2.33. The van der Waals surface area contributed by atoms with Crippen molar-refractivity contribution in [1.29, 1.82) is 0 Å². The van der Waals surface area contributed by atoms with E-state index in [9.17, 15) is 4.79 Å². The van der Waals surface area contributed by atoms with E-state index in [1.807, 2.05) is 43.3 Å². The van der Waals surface area contributed by atoms with Gasteiger partial charge in [0, 0.05) is 5.69 Å². The molecule has 2 N–H and O–H groups in total. The first-order chi connectivity index (χ1) is 10.7. The van der Waals surface area contributed by atoms with Crippen LogP contribution >= 0.6 is 0 Å². The topological polar surface area (TPSA) is 41.1 Å². The van der Waals surface area contributed by atoms with Crippen molar-refractivity contribution in [2.45, 2.75) is 32.2 Å². The van der Waals surface area contributed by atoms with Crippen LogP contribution in [0.25, 0.3) is 0 Å². The highest BCUT2D eigenvalue weighted by Gasteiger charge is 2.13. The molecule has 2 rings (SSSR count). The third-order valence-corrected chi connectivity index (χ3v) is 3.83. The largest absolute Gasteiger partial charge is 0.325 e. The predicted molar refractivity (Wildman–Crippen MR) is 92.0 cm³/mol. The highest BCUT2D eigenvalue weighted by atomic mass is 16.2. The molecule has 2 atom stereocenters. The maximum atomic E-state index is 12.1. The van der Waals surface area contributed by atoms with Crippen LogP contribution in [0.3, 0.4) is 0 Å². The molecule has 3 heteroatoms. The number of anilines is 1. The fraction of sp³-hybridized carbons (Fsp3) is 0.316. The lowest BCUT2D eigenvalue weighted by molar-refractivity contribution is -0.117. The molecule has 22 heavy (non-hydrogen) atoms. The number of carbonyl (C=O) groups is 1. The maximum Gasteiger partial charge on any atom is 0.241 e. The minimum Gasteiger partial charge on any atom is -0.325 e. The molecule has 1 amide bonds. The molecule has 0 saturated carbocycles. The molecule has 0 aromatic heterocycles. The Morgan fingerprint density at radius 3 is 2.18 bits per heavy atom. The van der Waals surface area contributed by atoms with E-state index in [4.69, 9.17) is 0 Å². The van der Waals surface area contributed by atoms with Crippen molar-refractivity contribution < 1.29 is 4.79 Å². The first-order valence-electron chi connectivity index (χ1n) is 7.81. The van der Waals surface area contributed by atoms with E-state index in [0.29, 0.717) is 5.92 Å². The molecule has 0 radical (unpaired) electrons. The molecule has 0 aliphatic carbocycles. The molecule has 116 valence electrons. The molecule has 2 aromatic rings. The van der Waals surface area contributed by atoms with Gasteiger partial charge in [0.1, 0.15) is 0 Å². The van der Waals surface area contributed by atoms with E-state index in [-0.39, 0.29) is 11.9 Å². The van der Waals surface area contributed by atoms with Gasteiger partial charge < -0.3 is 10.6 Å². The van der Waals surface area contributed by atoms with Gasteiger partial charge in [-0.1, -0.05) is 55.5 Å². The Morgan fingerprint density at radius 2 is 1.55 bits per heavy atom. The van der Waals surface area contributed by atoms with Gasteiger partial charge in [0.2, 0.25) is 5.91 Å². The Kier molecular flexibility index (Phi) is 6.16. The second-order valence-corrected chi connectivity index (χ2v) is 5.63. The second kappa shape index (κ2) is 8.35. The minimum absolute atomic E-state index is 0.00133. The molecule has 0 heterocycles. The molecular formula is C19H24N2O. The van der Waals surface area contributed by atoms with Crippen LogP contribution in [0.2, 0.25) is 0 Å². The summed E-state index contributed by atoms with van der Waals surface area (Å²) in [4.78, 5) is 12.1. The molecule has 0 aliphatic rings. The third kappa shape index (κ3) is 5.01. The number of hydrogen-bond donors (Lipinski definition) is 2. The van der Waals surface area contributed by atoms with Gasteiger partial charge in [-0.05, 0) is 43.5 Å². The first kappa shape index (κ1) is 16.2. The lowest BCUT2D eigenvalue weighted by Gasteiger charge is -2.16. The number of nitrogens with one attached hydrogen (secondary N) is 2. The molecule has 3 nitrogen and oxygen atoms in total. The van der Waals surface area contributed by atoms with Crippen LogP contribution in [0.1, 0.15) is 31.7 Å². The molecular weight excluding hydrogens is 272 g/mol. The standard InChI is InChI=1S/C19H24N2O/c1-15(17-9-5-3-6-10-17)13-14-20-16(2)19(22)21-18-11-7-4-8-12-18/h3-12,15-16,20H,13-14H2,1-2H3,(H,21,22). The fourth-order valence-electron chi connectivity index (χ4n) is 2.33. The number of para-hydroxylation sites is 1. The van der Waals surface area contributed by atoms with Crippen molar-refractivity contribution >= 4 is 11.6 Å². The first-order valence-corrected chi connectivity index (χ1v) is 7.81. The third-order valence-electron chi connectivity index (χ3n) is 3.83. The zero-order chi connectivity index (χ0) is 15.8. The van der Waals surface area contributed by atoms with Gasteiger partial charge in [0.05, 0.1) is 6.04 Å². The Hall–Kier alpha value is -2.13. The van der Waals surface area contributed by atoms with Gasteiger partial charge in [-0.3, -0.25) is 4.79 Å². The summed E-state index contributed by atoms with van der Waals surface area (Å²) in [7, 11) is 0. The lowest BCUT2D eigenvalue weighted by atomic mass is 9.98. The molecule has 2 unspecified atom stereocenters. The molecule has 0 spiro atoms. The van der Waals surface area contributed by atoms with Gasteiger partial charge in [0.15, 0.2) is 0 Å². The van der Waals surface area contributed by atoms with Crippen molar-refractivity contribution in [1.82, 2.24) is 5.32 Å². The van der Waals surface area contributed by atoms with Crippen LogP contribution < -0.4 is 10.6 Å². The lowest BCUT2D eigenvalue weighted by Crippen LogP contribution is -2.38. The average molecular weight is 296 g/mol. The summed E-state index contributed by atoms with van der Waals surface area (Å²) in [6.45, 7) is 4.93. The van der Waals surface area contributed by atoms with Gasteiger partial charge in [-0.2, -0.15) is 0 Å². The van der Waals surface area contributed by atoms with Crippen LogP contribution in [0.5, 0.6) is 0 Å². The SMILES string of the molecule is CC(NCCC(C)c1ccccc1)C(=O)Nc1ccccc1. The van der Waals surface area contributed by atoms with Crippen molar-refractivity contribution in [3.05, 3.63) is 66.2 Å². The monoisotopic (exact) mass is 296 g/mol. The van der Waals surface area contributed by atoms with Gasteiger partial charge in [0.25, 0.3) is 0 Å². The summed E-state index contributed by atoms with van der Waals surface area (Å²) >= 11 is 0. The Balaban J connectivity index is 1.73. The van der Waals surface area contributed by atoms with Crippen molar-refractivity contribution in [2.24, 2.45) is 0 Å².